The fraction of sp³-hybridized carbons (Fsp3) is 0. The molecule has 50 heavy (non-hydrogen) atoms. The van der Waals surface area contributed by atoms with Crippen LogP contribution in [0.3, 0.4) is 0 Å². The largest absolute Gasteiger partial charge is 0.265 e. The summed E-state index contributed by atoms with van der Waals surface area (Å²) in [4.78, 5) is 27.2. The summed E-state index contributed by atoms with van der Waals surface area (Å²) in [6.07, 6.45) is 3.58. The van der Waals surface area contributed by atoms with E-state index in [0.29, 0.717) is 28.5 Å². The molecule has 0 fully saturated rings. The van der Waals surface area contributed by atoms with E-state index in [9.17, 15) is 0 Å². The number of aromatic nitrogens is 6. The molecule has 0 saturated carbocycles. The monoisotopic (exact) mass is 730 g/mol. The molecule has 240 valence electrons. The molecule has 0 atom stereocenters. The van der Waals surface area contributed by atoms with Crippen LogP contribution >= 0.6 is 27.5 Å². The minimum absolute atomic E-state index is 0.429. The molecule has 3 heterocycles. The van der Waals surface area contributed by atoms with Gasteiger partial charge in [-0.05, 0) is 41.5 Å². The van der Waals surface area contributed by atoms with E-state index in [1.54, 1.807) is 18.5 Å². The first kappa shape index (κ1) is 32.6. The minimum Gasteiger partial charge on any atom is -0.265 e. The number of halogens is 2. The molecule has 8 aromatic rings. The molecule has 0 amide bonds. The molecule has 3 aromatic heterocycles. The van der Waals surface area contributed by atoms with Crippen molar-refractivity contribution in [3.8, 4) is 67.9 Å². The van der Waals surface area contributed by atoms with Crippen LogP contribution in [-0.2, 0) is 0 Å². The Morgan fingerprint density at radius 2 is 0.820 bits per heavy atom. The van der Waals surface area contributed by atoms with Crippen molar-refractivity contribution in [1.82, 2.24) is 29.9 Å². The molecule has 0 aliphatic heterocycles. The molecule has 8 rings (SSSR count). The maximum absolute atomic E-state index is 6.25. The van der Waals surface area contributed by atoms with E-state index < -0.39 is 0 Å². The molecular weight excluding hydrogens is 704 g/mol. The van der Waals surface area contributed by atoms with Gasteiger partial charge in [-0.25, -0.2) is 24.9 Å². The van der Waals surface area contributed by atoms with Gasteiger partial charge in [-0.2, -0.15) is 0 Å². The lowest BCUT2D eigenvalue weighted by Crippen LogP contribution is -2.00. The number of hydrogen-bond donors (Lipinski definition) is 0. The van der Waals surface area contributed by atoms with Gasteiger partial charge in [-0.1, -0.05) is 149 Å². The predicted molar refractivity (Wildman–Crippen MR) is 205 cm³/mol. The Morgan fingerprint density at radius 3 is 1.38 bits per heavy atom. The van der Waals surface area contributed by atoms with Gasteiger partial charge in [0.15, 0.2) is 23.3 Å². The maximum Gasteiger partial charge on any atom is 0.164 e. The Labute approximate surface area is 303 Å². The summed E-state index contributed by atoms with van der Waals surface area (Å²) in [5.41, 5.74) is 7.85. The smallest absolute Gasteiger partial charge is 0.164 e. The SMILES string of the molecule is Brc1cccc(-c2nc(-c3ccccc3)nc(-c3ccccc3)n2)c1.Clc1cc(-c2cccc(-c3ccncc3)c2)nc(-c2ccccc2)n1. The van der Waals surface area contributed by atoms with Gasteiger partial charge < -0.3 is 0 Å². The number of pyridine rings is 1. The molecule has 0 saturated heterocycles. The molecule has 0 aliphatic rings. The highest BCUT2D eigenvalue weighted by molar-refractivity contribution is 9.10. The van der Waals surface area contributed by atoms with Gasteiger partial charge in [0.25, 0.3) is 0 Å². The highest BCUT2D eigenvalue weighted by Crippen LogP contribution is 2.29. The zero-order chi connectivity index (χ0) is 34.1. The first-order valence-corrected chi connectivity index (χ1v) is 17.0. The Hall–Kier alpha value is -5.89. The summed E-state index contributed by atoms with van der Waals surface area (Å²) in [6.45, 7) is 0. The molecule has 0 unspecified atom stereocenters. The average molecular weight is 732 g/mol. The molecular formula is C42H28BrClN6. The molecule has 5 aromatic carbocycles. The summed E-state index contributed by atoms with van der Waals surface area (Å²) in [5, 5.41) is 0.429. The van der Waals surface area contributed by atoms with Gasteiger partial charge in [0.1, 0.15) is 5.15 Å². The van der Waals surface area contributed by atoms with Crippen LogP contribution in [0.4, 0.5) is 0 Å². The second-order valence-corrected chi connectivity index (χ2v) is 12.4. The molecule has 0 spiro atoms. The van der Waals surface area contributed by atoms with Crippen LogP contribution in [0.2, 0.25) is 5.15 Å². The van der Waals surface area contributed by atoms with E-state index in [4.69, 9.17) is 26.6 Å². The van der Waals surface area contributed by atoms with Crippen molar-refractivity contribution in [3.05, 3.63) is 180 Å². The molecule has 0 radical (unpaired) electrons. The number of hydrogen-bond acceptors (Lipinski definition) is 6. The topological polar surface area (TPSA) is 77.3 Å². The van der Waals surface area contributed by atoms with E-state index >= 15 is 0 Å². The van der Waals surface area contributed by atoms with Crippen molar-refractivity contribution in [2.24, 2.45) is 0 Å². The van der Waals surface area contributed by atoms with Gasteiger partial charge in [-0.15, -0.1) is 0 Å². The molecule has 0 bridgehead atoms. The van der Waals surface area contributed by atoms with Gasteiger partial charge >= 0.3 is 0 Å². The number of rotatable bonds is 6. The Bertz CT molecular complexity index is 2280. The fourth-order valence-electron chi connectivity index (χ4n) is 5.25. The first-order valence-electron chi connectivity index (χ1n) is 15.8. The molecule has 6 nitrogen and oxygen atoms in total. The van der Waals surface area contributed by atoms with Crippen molar-refractivity contribution in [2.75, 3.05) is 0 Å². The van der Waals surface area contributed by atoms with Gasteiger partial charge in [0.2, 0.25) is 0 Å². The Morgan fingerprint density at radius 1 is 0.360 bits per heavy atom. The lowest BCUT2D eigenvalue weighted by atomic mass is 10.0. The highest BCUT2D eigenvalue weighted by Gasteiger charge is 2.12. The maximum atomic E-state index is 6.25. The third-order valence-electron chi connectivity index (χ3n) is 7.68. The van der Waals surface area contributed by atoms with Crippen LogP contribution in [0.15, 0.2) is 175 Å². The van der Waals surface area contributed by atoms with Gasteiger partial charge in [-0.3, -0.25) is 4.98 Å². The summed E-state index contributed by atoms with van der Waals surface area (Å²) in [7, 11) is 0. The fourth-order valence-corrected chi connectivity index (χ4v) is 5.83. The minimum atomic E-state index is 0.429. The van der Waals surface area contributed by atoms with E-state index in [2.05, 4.69) is 43.0 Å². The number of nitrogens with zero attached hydrogens (tertiary/aromatic N) is 6. The second-order valence-electron chi connectivity index (χ2n) is 11.1. The van der Waals surface area contributed by atoms with Crippen molar-refractivity contribution < 1.29 is 0 Å². The number of benzene rings is 5. The van der Waals surface area contributed by atoms with E-state index in [0.717, 1.165) is 49.1 Å². The first-order chi connectivity index (χ1) is 24.6. The second kappa shape index (κ2) is 15.6. The molecule has 8 heteroatoms. The van der Waals surface area contributed by atoms with Crippen LogP contribution in [0.25, 0.3) is 67.9 Å². The van der Waals surface area contributed by atoms with E-state index in [-0.39, 0.29) is 0 Å². The quantitative estimate of drug-likeness (QED) is 0.158. The third-order valence-corrected chi connectivity index (χ3v) is 8.37. The predicted octanol–water partition coefficient (Wildman–Crippen LogP) is 11.2. The van der Waals surface area contributed by atoms with Crippen LogP contribution in [0, 0.1) is 0 Å². The molecule has 0 N–H and O–H groups in total. The van der Waals surface area contributed by atoms with E-state index in [1.807, 2.05) is 140 Å². The molecule has 0 aliphatic carbocycles. The van der Waals surface area contributed by atoms with Gasteiger partial charge in [0, 0.05) is 50.8 Å². The van der Waals surface area contributed by atoms with Crippen molar-refractivity contribution in [3.63, 3.8) is 0 Å². The van der Waals surface area contributed by atoms with Gasteiger partial charge in [0.05, 0.1) is 5.69 Å². The highest BCUT2D eigenvalue weighted by atomic mass is 79.9. The normalized spacial score (nSPS) is 10.6. The van der Waals surface area contributed by atoms with Crippen molar-refractivity contribution >= 4 is 27.5 Å². The van der Waals surface area contributed by atoms with E-state index in [1.165, 1.54) is 0 Å². The summed E-state index contributed by atoms with van der Waals surface area (Å²) in [6, 6.07) is 51.7. The van der Waals surface area contributed by atoms with Crippen LogP contribution < -0.4 is 0 Å². The lowest BCUT2D eigenvalue weighted by molar-refractivity contribution is 1.07. The zero-order valence-electron chi connectivity index (χ0n) is 26.6. The van der Waals surface area contributed by atoms with Crippen molar-refractivity contribution in [1.29, 1.82) is 0 Å². The Balaban J connectivity index is 0.000000157. The van der Waals surface area contributed by atoms with Crippen LogP contribution in [-0.4, -0.2) is 29.9 Å². The summed E-state index contributed by atoms with van der Waals surface area (Å²) in [5.74, 6) is 2.63. The van der Waals surface area contributed by atoms with Crippen LogP contribution in [0.1, 0.15) is 0 Å². The lowest BCUT2D eigenvalue weighted by Gasteiger charge is -2.08. The zero-order valence-corrected chi connectivity index (χ0v) is 28.9. The summed E-state index contributed by atoms with van der Waals surface area (Å²) >= 11 is 9.76. The van der Waals surface area contributed by atoms with Crippen molar-refractivity contribution in [2.45, 2.75) is 0 Å². The Kier molecular flexibility index (Phi) is 10.2. The summed E-state index contributed by atoms with van der Waals surface area (Å²) < 4.78 is 0.993. The van der Waals surface area contributed by atoms with Crippen LogP contribution in [0.5, 0.6) is 0 Å². The average Bonchev–Trinajstić information content (AvgIpc) is 3.19. The third kappa shape index (κ3) is 8.04. The standard InChI is InChI=1S/C21H14BrN3.C21H14ClN3/c22-18-13-7-12-17(14-18)21-24-19(15-8-3-1-4-9-15)23-20(25-21)16-10-5-2-6-11-16;22-20-14-19(24-21(25-20)16-5-2-1-3-6-16)18-8-4-7-17(13-18)15-9-11-23-12-10-15/h2*1-14H.